The molecule has 0 aromatic heterocycles. The summed E-state index contributed by atoms with van der Waals surface area (Å²) < 4.78 is 32.1. The number of carbonyl (C=O) groups excluding carboxylic acids is 1. The largest absolute Gasteiger partial charge is 0.459 e. The molecule has 0 radical (unpaired) electrons. The van der Waals surface area contributed by atoms with Crippen LogP contribution < -0.4 is 0 Å². The fraction of sp³-hybridized carbons (Fsp3) is 0.667. The zero-order valence-corrected chi connectivity index (χ0v) is 15.7. The Morgan fingerprint density at radius 2 is 1.56 bits per heavy atom. The number of ether oxygens (including phenoxy) is 1. The first kappa shape index (κ1) is 21.6. The van der Waals surface area contributed by atoms with Gasteiger partial charge in [-0.25, -0.2) is 13.6 Å². The summed E-state index contributed by atoms with van der Waals surface area (Å²) in [7, 11) is 0. The van der Waals surface area contributed by atoms with Crippen LogP contribution in [0.1, 0.15) is 94.8 Å². The molecule has 0 spiro atoms. The lowest BCUT2D eigenvalue weighted by Gasteiger charge is -2.17. The van der Waals surface area contributed by atoms with E-state index in [0.29, 0.717) is 6.07 Å². The van der Waals surface area contributed by atoms with Gasteiger partial charge < -0.3 is 4.74 Å². The number of carbonyl (C=O) groups is 1. The van der Waals surface area contributed by atoms with Gasteiger partial charge in [-0.2, -0.15) is 0 Å². The number of hydrogen-bond donors (Lipinski definition) is 0. The summed E-state index contributed by atoms with van der Waals surface area (Å²) in [5, 5.41) is 0. The minimum atomic E-state index is -0.868. The van der Waals surface area contributed by atoms with Crippen LogP contribution in [0.2, 0.25) is 0 Å². The Morgan fingerprint density at radius 1 is 0.920 bits per heavy atom. The van der Waals surface area contributed by atoms with Crippen LogP contribution in [-0.2, 0) is 4.74 Å². The molecule has 0 bridgehead atoms. The molecule has 142 valence electrons. The van der Waals surface area contributed by atoms with Crippen LogP contribution in [0.15, 0.2) is 18.2 Å². The Morgan fingerprint density at radius 3 is 2.16 bits per heavy atom. The number of hydrogen-bond acceptors (Lipinski definition) is 2. The molecule has 1 aromatic carbocycles. The minimum absolute atomic E-state index is 0.193. The van der Waals surface area contributed by atoms with Crippen molar-refractivity contribution in [1.82, 2.24) is 0 Å². The van der Waals surface area contributed by atoms with Crippen molar-refractivity contribution in [3.63, 3.8) is 0 Å². The Kier molecular flexibility index (Phi) is 11.1. The van der Waals surface area contributed by atoms with E-state index in [0.717, 1.165) is 44.2 Å². The van der Waals surface area contributed by atoms with Crippen LogP contribution >= 0.6 is 0 Å². The SMILES string of the molecule is CCCCCCCCCCC(CCC)OC(=O)c1ccc(F)cc1F. The maximum atomic E-state index is 13.7. The number of unbranched alkanes of at least 4 members (excludes halogenated alkanes) is 7. The summed E-state index contributed by atoms with van der Waals surface area (Å²) in [5.74, 6) is -2.26. The van der Waals surface area contributed by atoms with Crippen molar-refractivity contribution in [2.45, 2.75) is 90.6 Å². The summed E-state index contributed by atoms with van der Waals surface area (Å²) in [6, 6.07) is 2.93. The summed E-state index contributed by atoms with van der Waals surface area (Å²) in [6.07, 6.45) is 12.1. The second-order valence-corrected chi connectivity index (χ2v) is 6.70. The van der Waals surface area contributed by atoms with Crippen LogP contribution in [-0.4, -0.2) is 12.1 Å². The molecule has 1 rings (SSSR count). The van der Waals surface area contributed by atoms with E-state index in [1.54, 1.807) is 0 Å². The van der Waals surface area contributed by atoms with E-state index >= 15 is 0 Å². The lowest BCUT2D eigenvalue weighted by Crippen LogP contribution is -2.19. The fourth-order valence-electron chi connectivity index (χ4n) is 2.96. The molecule has 0 aliphatic carbocycles. The molecule has 1 atom stereocenters. The lowest BCUT2D eigenvalue weighted by molar-refractivity contribution is 0.0248. The molecular formula is C21H32F2O2. The van der Waals surface area contributed by atoms with Crippen molar-refractivity contribution in [3.05, 3.63) is 35.4 Å². The smallest absolute Gasteiger partial charge is 0.341 e. The molecule has 25 heavy (non-hydrogen) atoms. The standard InChI is InChI=1S/C21H32F2O2/c1-3-5-6-7-8-9-10-11-13-18(12-4-2)25-21(24)19-15-14-17(22)16-20(19)23/h14-16,18H,3-13H2,1-2H3. The Labute approximate surface area is 151 Å². The number of rotatable bonds is 13. The molecule has 0 fully saturated rings. The van der Waals surface area contributed by atoms with E-state index in [-0.39, 0.29) is 11.7 Å². The van der Waals surface area contributed by atoms with Crippen LogP contribution in [0.3, 0.4) is 0 Å². The molecule has 0 saturated carbocycles. The van der Waals surface area contributed by atoms with E-state index in [1.165, 1.54) is 38.5 Å². The van der Waals surface area contributed by atoms with Gasteiger partial charge >= 0.3 is 5.97 Å². The predicted molar refractivity (Wildman–Crippen MR) is 97.7 cm³/mol. The highest BCUT2D eigenvalue weighted by molar-refractivity contribution is 5.89. The monoisotopic (exact) mass is 354 g/mol. The van der Waals surface area contributed by atoms with Crippen molar-refractivity contribution in [3.8, 4) is 0 Å². The van der Waals surface area contributed by atoms with Gasteiger partial charge in [-0.05, 0) is 31.4 Å². The third-order valence-corrected chi connectivity index (χ3v) is 4.42. The third kappa shape index (κ3) is 8.99. The topological polar surface area (TPSA) is 26.3 Å². The Balaban J connectivity index is 2.34. The Bertz CT molecular complexity index is 503. The van der Waals surface area contributed by atoms with E-state index < -0.39 is 17.6 Å². The summed E-state index contributed by atoms with van der Waals surface area (Å²) in [4.78, 5) is 12.1. The highest BCUT2D eigenvalue weighted by Gasteiger charge is 2.18. The first-order chi connectivity index (χ1) is 12.1. The van der Waals surface area contributed by atoms with Crippen LogP contribution in [0.25, 0.3) is 0 Å². The van der Waals surface area contributed by atoms with Crippen LogP contribution in [0, 0.1) is 11.6 Å². The van der Waals surface area contributed by atoms with Crippen molar-refractivity contribution >= 4 is 5.97 Å². The van der Waals surface area contributed by atoms with Gasteiger partial charge in [0.15, 0.2) is 0 Å². The Hall–Kier alpha value is -1.45. The van der Waals surface area contributed by atoms with Gasteiger partial charge in [0.2, 0.25) is 0 Å². The summed E-state index contributed by atoms with van der Waals surface area (Å²) >= 11 is 0. The van der Waals surface area contributed by atoms with Gasteiger partial charge in [0, 0.05) is 6.07 Å². The van der Waals surface area contributed by atoms with Crippen molar-refractivity contribution in [1.29, 1.82) is 0 Å². The van der Waals surface area contributed by atoms with Crippen molar-refractivity contribution in [2.75, 3.05) is 0 Å². The lowest BCUT2D eigenvalue weighted by atomic mass is 10.0. The average molecular weight is 354 g/mol. The van der Waals surface area contributed by atoms with Crippen LogP contribution in [0.4, 0.5) is 8.78 Å². The second kappa shape index (κ2) is 12.8. The molecule has 2 nitrogen and oxygen atoms in total. The number of halogens is 2. The quantitative estimate of drug-likeness (QED) is 0.287. The normalized spacial score (nSPS) is 12.2. The van der Waals surface area contributed by atoms with E-state index in [2.05, 4.69) is 6.92 Å². The molecule has 0 N–H and O–H groups in total. The van der Waals surface area contributed by atoms with Gasteiger partial charge in [0.1, 0.15) is 17.7 Å². The van der Waals surface area contributed by atoms with Gasteiger partial charge in [0.25, 0.3) is 0 Å². The molecule has 0 aliphatic heterocycles. The highest BCUT2D eigenvalue weighted by atomic mass is 19.1. The minimum Gasteiger partial charge on any atom is -0.459 e. The molecular weight excluding hydrogens is 322 g/mol. The first-order valence-corrected chi connectivity index (χ1v) is 9.74. The molecule has 0 amide bonds. The summed E-state index contributed by atoms with van der Waals surface area (Å²) in [6.45, 7) is 4.25. The van der Waals surface area contributed by atoms with Gasteiger partial charge in [0.05, 0.1) is 5.56 Å². The van der Waals surface area contributed by atoms with Crippen molar-refractivity contribution < 1.29 is 18.3 Å². The van der Waals surface area contributed by atoms with Gasteiger partial charge in [-0.1, -0.05) is 65.2 Å². The fourth-order valence-corrected chi connectivity index (χ4v) is 2.96. The zero-order valence-electron chi connectivity index (χ0n) is 15.7. The van der Waals surface area contributed by atoms with Gasteiger partial charge in [-0.3, -0.25) is 0 Å². The average Bonchev–Trinajstić information content (AvgIpc) is 2.57. The zero-order chi connectivity index (χ0) is 18.5. The number of benzene rings is 1. The molecule has 1 unspecified atom stereocenters. The first-order valence-electron chi connectivity index (χ1n) is 9.74. The molecule has 0 saturated heterocycles. The van der Waals surface area contributed by atoms with E-state index in [9.17, 15) is 13.6 Å². The maximum Gasteiger partial charge on any atom is 0.341 e. The van der Waals surface area contributed by atoms with Crippen molar-refractivity contribution in [2.24, 2.45) is 0 Å². The molecule has 4 heteroatoms. The van der Waals surface area contributed by atoms with Gasteiger partial charge in [-0.15, -0.1) is 0 Å². The van der Waals surface area contributed by atoms with E-state index in [1.807, 2.05) is 6.92 Å². The molecule has 0 heterocycles. The third-order valence-electron chi connectivity index (χ3n) is 4.42. The predicted octanol–water partition coefficient (Wildman–Crippen LogP) is 6.82. The number of esters is 1. The molecule has 1 aromatic rings. The van der Waals surface area contributed by atoms with E-state index in [4.69, 9.17) is 4.74 Å². The highest BCUT2D eigenvalue weighted by Crippen LogP contribution is 2.18. The van der Waals surface area contributed by atoms with Crippen LogP contribution in [0.5, 0.6) is 0 Å². The second-order valence-electron chi connectivity index (χ2n) is 6.70. The summed E-state index contributed by atoms with van der Waals surface area (Å²) in [5.41, 5.74) is -0.196. The molecule has 0 aliphatic rings. The maximum absolute atomic E-state index is 13.7.